The number of ether oxygens (including phenoxy) is 2. The Morgan fingerprint density at radius 1 is 1.25 bits per heavy atom. The fraction of sp³-hybridized carbons (Fsp3) is 0.400. The molecule has 0 aliphatic carbocycles. The Kier molecular flexibility index (Phi) is 4.79. The Morgan fingerprint density at radius 2 is 1.88 bits per heavy atom. The molecule has 0 aromatic heterocycles. The van der Waals surface area contributed by atoms with Crippen LogP contribution in [0.1, 0.15) is 5.56 Å². The predicted molar refractivity (Wildman–Crippen MR) is 58.4 cm³/mol. The van der Waals surface area contributed by atoms with Crippen molar-refractivity contribution in [2.45, 2.75) is 6.54 Å². The molecule has 16 heavy (non-hydrogen) atoms. The number of halogens is 2. The number of hydrogen-bond acceptors (Lipinski definition) is 4. The van der Waals surface area contributed by atoms with Crippen molar-refractivity contribution in [2.75, 3.05) is 21.3 Å². The van der Waals surface area contributed by atoms with Crippen molar-refractivity contribution in [3.8, 4) is 11.5 Å². The van der Waals surface area contributed by atoms with E-state index in [0.29, 0.717) is 5.56 Å². The highest BCUT2D eigenvalue weighted by Gasteiger charge is 2.18. The average molecular weight is 250 g/mol. The fourth-order valence-corrected chi connectivity index (χ4v) is 1.61. The van der Waals surface area contributed by atoms with E-state index in [-0.39, 0.29) is 23.1 Å². The quantitative estimate of drug-likeness (QED) is 0.812. The molecular weight excluding hydrogens is 237 g/mol. The van der Waals surface area contributed by atoms with Gasteiger partial charge in [-0.1, -0.05) is 11.6 Å². The van der Waals surface area contributed by atoms with Crippen LogP contribution in [0.2, 0.25) is 5.02 Å². The van der Waals surface area contributed by atoms with Crippen LogP contribution >= 0.6 is 11.6 Å². The van der Waals surface area contributed by atoms with Gasteiger partial charge in [0.2, 0.25) is 5.82 Å². The van der Waals surface area contributed by atoms with E-state index in [0.717, 1.165) is 0 Å². The average Bonchev–Trinajstić information content (AvgIpc) is 2.26. The Hall–Kier alpha value is -1.04. The zero-order chi connectivity index (χ0) is 12.1. The molecule has 0 amide bonds. The predicted octanol–water partition coefficient (Wildman–Crippen LogP) is 2.15. The first-order valence-electron chi connectivity index (χ1n) is 4.50. The minimum absolute atomic E-state index is 0.0281. The normalized spacial score (nSPS) is 10.3. The molecule has 0 spiro atoms. The minimum Gasteiger partial charge on any atom is -0.493 e. The Balaban J connectivity index is 3.18. The molecule has 0 bridgehead atoms. The van der Waals surface area contributed by atoms with Crippen molar-refractivity contribution in [3.05, 3.63) is 22.5 Å². The molecule has 0 radical (unpaired) electrons. The molecular formula is C10H13ClFNO3. The maximum absolute atomic E-state index is 13.8. The summed E-state index contributed by atoms with van der Waals surface area (Å²) in [6.45, 7) is 0.278. The van der Waals surface area contributed by atoms with E-state index in [4.69, 9.17) is 21.1 Å². The lowest BCUT2D eigenvalue weighted by molar-refractivity contribution is 0.0859. The third kappa shape index (κ3) is 2.55. The summed E-state index contributed by atoms with van der Waals surface area (Å²) in [4.78, 5) is 4.68. The summed E-state index contributed by atoms with van der Waals surface area (Å²) in [5, 5.41) is 0.189. The lowest BCUT2D eigenvalue weighted by atomic mass is 10.2. The highest BCUT2D eigenvalue weighted by atomic mass is 35.5. The summed E-state index contributed by atoms with van der Waals surface area (Å²) in [6.07, 6.45) is 0. The van der Waals surface area contributed by atoms with Crippen LogP contribution in [-0.4, -0.2) is 21.3 Å². The van der Waals surface area contributed by atoms with E-state index >= 15 is 0 Å². The molecule has 4 nitrogen and oxygen atoms in total. The van der Waals surface area contributed by atoms with E-state index in [1.807, 2.05) is 0 Å². The first-order valence-corrected chi connectivity index (χ1v) is 4.88. The molecule has 1 aromatic rings. The first-order chi connectivity index (χ1) is 7.65. The van der Waals surface area contributed by atoms with E-state index < -0.39 is 5.82 Å². The van der Waals surface area contributed by atoms with E-state index in [1.165, 1.54) is 21.3 Å². The zero-order valence-electron chi connectivity index (χ0n) is 9.27. The van der Waals surface area contributed by atoms with Crippen LogP contribution in [0.15, 0.2) is 6.07 Å². The second-order valence-electron chi connectivity index (χ2n) is 2.92. The molecule has 6 heteroatoms. The molecule has 0 fully saturated rings. The van der Waals surface area contributed by atoms with Gasteiger partial charge in [-0.25, -0.2) is 0 Å². The summed E-state index contributed by atoms with van der Waals surface area (Å²) in [5.74, 6) is -0.559. The summed E-state index contributed by atoms with van der Waals surface area (Å²) in [6, 6.07) is 1.56. The van der Waals surface area contributed by atoms with Crippen molar-refractivity contribution < 1.29 is 18.7 Å². The van der Waals surface area contributed by atoms with Crippen LogP contribution in [0.3, 0.4) is 0 Å². The van der Waals surface area contributed by atoms with Gasteiger partial charge in [-0.05, 0) is 6.07 Å². The molecule has 0 saturated heterocycles. The maximum atomic E-state index is 13.8. The van der Waals surface area contributed by atoms with E-state index in [2.05, 4.69) is 10.3 Å². The molecule has 0 atom stereocenters. The van der Waals surface area contributed by atoms with Crippen molar-refractivity contribution in [2.24, 2.45) is 0 Å². The highest BCUT2D eigenvalue weighted by Crippen LogP contribution is 2.36. The van der Waals surface area contributed by atoms with Gasteiger partial charge in [-0.2, -0.15) is 9.87 Å². The number of hydroxylamine groups is 1. The van der Waals surface area contributed by atoms with Gasteiger partial charge in [-0.15, -0.1) is 0 Å². The molecule has 90 valence electrons. The second-order valence-corrected chi connectivity index (χ2v) is 3.33. The van der Waals surface area contributed by atoms with Gasteiger partial charge >= 0.3 is 0 Å². The standard InChI is InChI=1S/C10H13ClFNO3/c1-14-9-6(5-13-16-3)4-7(11)10(15-2)8(9)12/h4,13H,5H2,1-3H3. The van der Waals surface area contributed by atoms with Crippen LogP contribution in [0, 0.1) is 5.82 Å². The van der Waals surface area contributed by atoms with Gasteiger partial charge in [0.15, 0.2) is 11.5 Å². The molecule has 1 rings (SSSR count). The van der Waals surface area contributed by atoms with Gasteiger partial charge < -0.3 is 14.3 Å². The lowest BCUT2D eigenvalue weighted by Crippen LogP contribution is -2.12. The molecule has 1 N–H and O–H groups in total. The van der Waals surface area contributed by atoms with Crippen LogP contribution in [-0.2, 0) is 11.4 Å². The Bertz CT molecular complexity index is 374. The summed E-state index contributed by atoms with van der Waals surface area (Å²) < 4.78 is 23.6. The monoisotopic (exact) mass is 249 g/mol. The van der Waals surface area contributed by atoms with Crippen molar-refractivity contribution in [1.82, 2.24) is 5.48 Å². The SMILES string of the molecule is CONCc1cc(Cl)c(OC)c(F)c1OC. The maximum Gasteiger partial charge on any atom is 0.208 e. The summed E-state index contributed by atoms with van der Waals surface area (Å²) >= 11 is 5.85. The largest absolute Gasteiger partial charge is 0.493 e. The molecule has 0 aliphatic heterocycles. The molecule has 0 heterocycles. The van der Waals surface area contributed by atoms with Crippen LogP contribution in [0.5, 0.6) is 11.5 Å². The van der Waals surface area contributed by atoms with E-state index in [9.17, 15) is 4.39 Å². The zero-order valence-corrected chi connectivity index (χ0v) is 10.0. The fourth-order valence-electron chi connectivity index (χ4n) is 1.32. The summed E-state index contributed by atoms with van der Waals surface area (Å²) in [7, 11) is 4.19. The third-order valence-corrected chi connectivity index (χ3v) is 2.30. The third-order valence-electron chi connectivity index (χ3n) is 2.02. The van der Waals surface area contributed by atoms with Crippen LogP contribution < -0.4 is 15.0 Å². The van der Waals surface area contributed by atoms with E-state index in [1.54, 1.807) is 6.07 Å². The minimum atomic E-state index is -0.620. The molecule has 0 saturated carbocycles. The molecule has 0 unspecified atom stereocenters. The van der Waals surface area contributed by atoms with Gasteiger partial charge in [0.05, 0.1) is 26.4 Å². The number of rotatable bonds is 5. The molecule has 1 aromatic carbocycles. The second kappa shape index (κ2) is 5.89. The van der Waals surface area contributed by atoms with Gasteiger partial charge in [0.1, 0.15) is 0 Å². The van der Waals surface area contributed by atoms with Gasteiger partial charge in [0, 0.05) is 12.1 Å². The van der Waals surface area contributed by atoms with Crippen molar-refractivity contribution in [1.29, 1.82) is 0 Å². The number of benzene rings is 1. The number of methoxy groups -OCH3 is 2. The number of hydrogen-bond donors (Lipinski definition) is 1. The summed E-state index contributed by atoms with van der Waals surface area (Å²) in [5.41, 5.74) is 3.13. The topological polar surface area (TPSA) is 39.7 Å². The smallest absolute Gasteiger partial charge is 0.208 e. The first kappa shape index (κ1) is 13.0. The van der Waals surface area contributed by atoms with Crippen molar-refractivity contribution >= 4 is 11.6 Å². The Labute approximate surface area is 98.2 Å². The van der Waals surface area contributed by atoms with Crippen LogP contribution in [0.25, 0.3) is 0 Å². The lowest BCUT2D eigenvalue weighted by Gasteiger charge is -2.13. The molecule has 0 aliphatic rings. The Morgan fingerprint density at radius 3 is 2.38 bits per heavy atom. The van der Waals surface area contributed by atoms with Crippen molar-refractivity contribution in [3.63, 3.8) is 0 Å². The number of nitrogens with one attached hydrogen (secondary N) is 1. The van der Waals surface area contributed by atoms with Gasteiger partial charge in [0.25, 0.3) is 0 Å². The van der Waals surface area contributed by atoms with Crippen LogP contribution in [0.4, 0.5) is 4.39 Å². The highest BCUT2D eigenvalue weighted by molar-refractivity contribution is 6.32. The van der Waals surface area contributed by atoms with Gasteiger partial charge in [-0.3, -0.25) is 0 Å².